The molecule has 3 aliphatic rings. The van der Waals surface area contributed by atoms with Crippen LogP contribution in [0.15, 0.2) is 29.2 Å². The highest BCUT2D eigenvalue weighted by molar-refractivity contribution is 7.89. The van der Waals surface area contributed by atoms with Crippen LogP contribution in [0.3, 0.4) is 0 Å². The van der Waals surface area contributed by atoms with Gasteiger partial charge in [-0.2, -0.15) is 4.72 Å². The van der Waals surface area contributed by atoms with Crippen LogP contribution in [0.5, 0.6) is 0 Å². The van der Waals surface area contributed by atoms with Gasteiger partial charge in [0, 0.05) is 25.4 Å². The molecule has 2 aliphatic heterocycles. The van der Waals surface area contributed by atoms with Crippen LogP contribution in [0.4, 0.5) is 5.69 Å². The summed E-state index contributed by atoms with van der Waals surface area (Å²) in [4.78, 5) is 27.4. The second-order valence-electron chi connectivity index (χ2n) is 8.67. The van der Waals surface area contributed by atoms with Crippen molar-refractivity contribution in [2.45, 2.75) is 80.9 Å². The number of hydrogen-bond acceptors (Lipinski definition) is 5. The minimum atomic E-state index is -3.68. The Bertz CT molecular complexity index is 929. The largest absolute Gasteiger partial charge is 0.365 e. The Morgan fingerprint density at radius 1 is 1.20 bits per heavy atom. The number of para-hydroxylation sites is 1. The summed E-state index contributed by atoms with van der Waals surface area (Å²) in [6.07, 6.45) is 6.30. The van der Waals surface area contributed by atoms with Gasteiger partial charge in [0.25, 0.3) is 0 Å². The van der Waals surface area contributed by atoms with Crippen molar-refractivity contribution in [2.24, 2.45) is 0 Å². The van der Waals surface area contributed by atoms with Crippen molar-refractivity contribution in [3.63, 3.8) is 0 Å². The predicted octanol–water partition coefficient (Wildman–Crippen LogP) is 1.94. The van der Waals surface area contributed by atoms with Crippen molar-refractivity contribution in [3.8, 4) is 0 Å². The van der Waals surface area contributed by atoms with E-state index in [1.807, 2.05) is 0 Å². The van der Waals surface area contributed by atoms with E-state index in [1.54, 1.807) is 36.1 Å². The average Bonchev–Trinajstić information content (AvgIpc) is 2.87. The third-order valence-electron chi connectivity index (χ3n) is 6.54. The van der Waals surface area contributed by atoms with Gasteiger partial charge in [0.15, 0.2) is 0 Å². The number of carbonyl (C=O) groups is 2. The highest BCUT2D eigenvalue weighted by Gasteiger charge is 2.44. The van der Waals surface area contributed by atoms with Gasteiger partial charge < -0.3 is 15.5 Å². The first kappa shape index (κ1) is 21.1. The number of rotatable bonds is 3. The lowest BCUT2D eigenvalue weighted by Gasteiger charge is -2.39. The number of nitrogens with zero attached hydrogens (tertiary/aromatic N) is 1. The number of likely N-dealkylation sites (tertiary alicyclic amines) is 1. The quantitative estimate of drug-likeness (QED) is 0.674. The molecule has 164 valence electrons. The maximum absolute atomic E-state index is 12.8. The van der Waals surface area contributed by atoms with Gasteiger partial charge in [-0.3, -0.25) is 9.59 Å². The van der Waals surface area contributed by atoms with Crippen molar-refractivity contribution in [1.82, 2.24) is 14.9 Å². The molecule has 2 atom stereocenters. The maximum Gasteiger partial charge on any atom is 0.244 e. The number of benzene rings is 1. The predicted molar refractivity (Wildman–Crippen MR) is 113 cm³/mol. The molecule has 3 N–H and O–H groups in total. The van der Waals surface area contributed by atoms with E-state index in [9.17, 15) is 18.0 Å². The number of amides is 2. The van der Waals surface area contributed by atoms with E-state index in [4.69, 9.17) is 0 Å². The molecular weight excluding hydrogens is 404 g/mol. The summed E-state index contributed by atoms with van der Waals surface area (Å²) < 4.78 is 28.3. The van der Waals surface area contributed by atoms with E-state index in [-0.39, 0.29) is 29.2 Å². The minimum absolute atomic E-state index is 0.127. The fraction of sp³-hybridized carbons (Fsp3) is 0.619. The van der Waals surface area contributed by atoms with Gasteiger partial charge in [0.1, 0.15) is 16.6 Å². The van der Waals surface area contributed by atoms with Crippen LogP contribution in [0.1, 0.15) is 58.3 Å². The zero-order valence-electron chi connectivity index (χ0n) is 17.3. The molecule has 8 nitrogen and oxygen atoms in total. The van der Waals surface area contributed by atoms with E-state index in [0.29, 0.717) is 25.1 Å². The number of hydrogen-bond donors (Lipinski definition) is 3. The molecule has 1 spiro atoms. The third kappa shape index (κ3) is 4.18. The Morgan fingerprint density at radius 2 is 1.93 bits per heavy atom. The second-order valence-corrected chi connectivity index (χ2v) is 10.3. The average molecular weight is 435 g/mol. The van der Waals surface area contributed by atoms with Gasteiger partial charge in [0.05, 0.1) is 5.69 Å². The first-order valence-corrected chi connectivity index (χ1v) is 12.3. The van der Waals surface area contributed by atoms with Gasteiger partial charge in [-0.05, 0) is 38.3 Å². The Kier molecular flexibility index (Phi) is 5.76. The van der Waals surface area contributed by atoms with Crippen LogP contribution >= 0.6 is 0 Å². The Morgan fingerprint density at radius 3 is 2.70 bits per heavy atom. The van der Waals surface area contributed by atoms with Crippen LogP contribution in [0, 0.1) is 0 Å². The van der Waals surface area contributed by atoms with Crippen LogP contribution < -0.4 is 15.4 Å². The summed E-state index contributed by atoms with van der Waals surface area (Å²) >= 11 is 0. The molecule has 1 aromatic rings. The van der Waals surface area contributed by atoms with Gasteiger partial charge in [0.2, 0.25) is 21.8 Å². The van der Waals surface area contributed by atoms with Crippen molar-refractivity contribution >= 4 is 27.5 Å². The van der Waals surface area contributed by atoms with E-state index in [1.165, 1.54) is 6.42 Å². The molecular formula is C21H30N4O4S. The third-order valence-corrected chi connectivity index (χ3v) is 8.14. The van der Waals surface area contributed by atoms with Gasteiger partial charge in [-0.15, -0.1) is 0 Å². The lowest BCUT2D eigenvalue weighted by atomic mass is 9.95. The lowest BCUT2D eigenvalue weighted by Crippen LogP contribution is -2.57. The summed E-state index contributed by atoms with van der Waals surface area (Å²) in [5.74, 6) is -0.258. The fourth-order valence-corrected chi connectivity index (χ4v) is 6.32. The van der Waals surface area contributed by atoms with E-state index < -0.39 is 21.7 Å². The van der Waals surface area contributed by atoms with Crippen LogP contribution in [-0.4, -0.2) is 49.4 Å². The molecule has 1 aliphatic carbocycles. The van der Waals surface area contributed by atoms with Gasteiger partial charge in [-0.25, -0.2) is 8.42 Å². The van der Waals surface area contributed by atoms with Crippen molar-refractivity contribution in [3.05, 3.63) is 24.3 Å². The molecule has 1 saturated carbocycles. The summed E-state index contributed by atoms with van der Waals surface area (Å²) in [6, 6.07) is 6.37. The number of nitrogens with one attached hydrogen (secondary N) is 3. The molecule has 1 aromatic carbocycles. The number of anilines is 1. The zero-order chi connectivity index (χ0) is 21.4. The van der Waals surface area contributed by atoms with Crippen LogP contribution in [0.25, 0.3) is 0 Å². The van der Waals surface area contributed by atoms with Crippen LogP contribution in [-0.2, 0) is 19.6 Å². The van der Waals surface area contributed by atoms with Crippen molar-refractivity contribution in [1.29, 1.82) is 0 Å². The molecule has 2 amide bonds. The minimum Gasteiger partial charge on any atom is -0.365 e. The highest BCUT2D eigenvalue weighted by atomic mass is 32.2. The molecule has 9 heteroatoms. The van der Waals surface area contributed by atoms with Gasteiger partial charge in [-0.1, -0.05) is 31.4 Å². The molecule has 4 rings (SSSR count). The second kappa shape index (κ2) is 8.19. The van der Waals surface area contributed by atoms with Crippen molar-refractivity contribution in [2.75, 3.05) is 11.9 Å². The monoisotopic (exact) mass is 434 g/mol. The molecule has 0 unspecified atom stereocenters. The lowest BCUT2D eigenvalue weighted by molar-refractivity contribution is -0.139. The van der Waals surface area contributed by atoms with Crippen molar-refractivity contribution < 1.29 is 18.0 Å². The van der Waals surface area contributed by atoms with E-state index in [0.717, 1.165) is 25.7 Å². The molecule has 30 heavy (non-hydrogen) atoms. The SMILES string of the molecule is C[C@@H](C(=O)NC1CCCCC1)N1CC[C@]2(CCC1=O)Nc1ccccc1S(=O)(=O)N2. The number of carbonyl (C=O) groups excluding carboxylic acids is 2. The first-order chi connectivity index (χ1) is 14.3. The summed E-state index contributed by atoms with van der Waals surface area (Å²) in [5, 5.41) is 6.41. The van der Waals surface area contributed by atoms with Crippen LogP contribution in [0.2, 0.25) is 0 Å². The van der Waals surface area contributed by atoms with Gasteiger partial charge >= 0.3 is 0 Å². The standard InChI is InChI=1S/C21H30N4O4S/c1-15(20(27)22-16-7-3-2-4-8-16)25-14-13-21(12-11-19(25)26)23-17-9-5-6-10-18(17)30(28,29)24-21/h5-6,9-10,15-16,23-24H,2-4,7-8,11-14H2,1H3,(H,22,27)/t15-,21+/m0/s1. The summed E-state index contributed by atoms with van der Waals surface area (Å²) in [5.41, 5.74) is -0.391. The van der Waals surface area contributed by atoms with E-state index >= 15 is 0 Å². The Labute approximate surface area is 177 Å². The first-order valence-electron chi connectivity index (χ1n) is 10.8. The van der Waals surface area contributed by atoms with E-state index in [2.05, 4.69) is 15.4 Å². The number of sulfonamides is 1. The molecule has 0 bridgehead atoms. The summed E-state index contributed by atoms with van der Waals surface area (Å²) in [6.45, 7) is 2.05. The molecule has 2 fully saturated rings. The smallest absolute Gasteiger partial charge is 0.244 e. The Balaban J connectivity index is 1.47. The molecule has 0 radical (unpaired) electrons. The topological polar surface area (TPSA) is 108 Å². The molecule has 2 heterocycles. The Hall–Kier alpha value is -2.13. The maximum atomic E-state index is 12.8. The normalized spacial score (nSPS) is 27.6. The summed E-state index contributed by atoms with van der Waals surface area (Å²) in [7, 11) is -3.68. The zero-order valence-corrected chi connectivity index (χ0v) is 18.1. The molecule has 0 aromatic heterocycles. The number of fused-ring (bicyclic) bond motifs is 1. The fourth-order valence-electron chi connectivity index (χ4n) is 4.77. The molecule has 1 saturated heterocycles. The highest BCUT2D eigenvalue weighted by Crippen LogP contribution is 2.35.